The molecule has 0 radical (unpaired) electrons. The molecule has 1 aliphatic carbocycles. The maximum absolute atomic E-state index is 12.3. The van der Waals surface area contributed by atoms with Crippen molar-refractivity contribution in [2.75, 3.05) is 7.05 Å². The van der Waals surface area contributed by atoms with E-state index in [2.05, 4.69) is 20.9 Å². The molecule has 1 N–H and O–H groups in total. The average molecular weight is 313 g/mol. The molecule has 5 heteroatoms. The van der Waals surface area contributed by atoms with E-state index >= 15 is 0 Å². The molecule has 1 aromatic rings. The smallest absolute Gasteiger partial charge is 0.273 e. The van der Waals surface area contributed by atoms with Crippen molar-refractivity contribution in [2.24, 2.45) is 0 Å². The molecule has 1 heterocycles. The topological polar surface area (TPSA) is 53.4 Å². The number of aliphatic hydroxyl groups is 1. The van der Waals surface area contributed by atoms with Crippen molar-refractivity contribution in [3.05, 3.63) is 28.5 Å². The molecule has 1 aromatic heterocycles. The minimum absolute atomic E-state index is 0.0971. The predicted octanol–water partition coefficient (Wildman–Crippen LogP) is 2.22. The molecular weight excluding hydrogens is 296 g/mol. The fourth-order valence-corrected chi connectivity index (χ4v) is 2.83. The van der Waals surface area contributed by atoms with Crippen LogP contribution in [-0.2, 0) is 0 Å². The number of hydrogen-bond acceptors (Lipinski definition) is 3. The normalized spacial score (nSPS) is 23.7. The van der Waals surface area contributed by atoms with Gasteiger partial charge in [0, 0.05) is 17.7 Å². The summed E-state index contributed by atoms with van der Waals surface area (Å²) in [5.41, 5.74) is 0.401. The third-order valence-corrected chi connectivity index (χ3v) is 4.11. The van der Waals surface area contributed by atoms with Gasteiger partial charge in [-0.3, -0.25) is 4.79 Å². The SMILES string of the molecule is CN(C(=O)c1ncccc1Br)C1CCCCC1O. The highest BCUT2D eigenvalue weighted by Crippen LogP contribution is 2.24. The van der Waals surface area contributed by atoms with Crippen LogP contribution in [0.4, 0.5) is 0 Å². The number of hydrogen-bond donors (Lipinski definition) is 1. The van der Waals surface area contributed by atoms with Crippen LogP contribution in [0.25, 0.3) is 0 Å². The highest BCUT2D eigenvalue weighted by atomic mass is 79.9. The van der Waals surface area contributed by atoms with Gasteiger partial charge in [-0.2, -0.15) is 0 Å². The molecule has 0 saturated heterocycles. The number of aromatic nitrogens is 1. The van der Waals surface area contributed by atoms with E-state index in [0.29, 0.717) is 10.2 Å². The predicted molar refractivity (Wildman–Crippen MR) is 72.3 cm³/mol. The lowest BCUT2D eigenvalue weighted by atomic mass is 9.91. The molecular formula is C13H17BrN2O2. The van der Waals surface area contributed by atoms with E-state index in [0.717, 1.165) is 25.7 Å². The van der Waals surface area contributed by atoms with Crippen LogP contribution in [0.1, 0.15) is 36.2 Å². The lowest BCUT2D eigenvalue weighted by molar-refractivity contribution is 0.0264. The number of nitrogens with zero attached hydrogens (tertiary/aromatic N) is 2. The summed E-state index contributed by atoms with van der Waals surface area (Å²) in [6.45, 7) is 0. The zero-order valence-electron chi connectivity index (χ0n) is 10.3. The molecule has 4 nitrogen and oxygen atoms in total. The molecule has 2 atom stereocenters. The molecule has 98 valence electrons. The van der Waals surface area contributed by atoms with Crippen molar-refractivity contribution in [1.29, 1.82) is 0 Å². The van der Waals surface area contributed by atoms with Gasteiger partial charge in [-0.15, -0.1) is 0 Å². The van der Waals surface area contributed by atoms with Gasteiger partial charge in [-0.1, -0.05) is 12.8 Å². The van der Waals surface area contributed by atoms with E-state index in [4.69, 9.17) is 0 Å². The van der Waals surface area contributed by atoms with Gasteiger partial charge in [0.2, 0.25) is 0 Å². The minimum atomic E-state index is -0.421. The quantitative estimate of drug-likeness (QED) is 0.911. The zero-order chi connectivity index (χ0) is 13.1. The number of carbonyl (C=O) groups excluding carboxylic acids is 1. The Morgan fingerprint density at radius 2 is 2.22 bits per heavy atom. The van der Waals surface area contributed by atoms with Gasteiger partial charge in [-0.05, 0) is 40.9 Å². The number of amides is 1. The second kappa shape index (κ2) is 5.80. The number of likely N-dealkylation sites (N-methyl/N-ethyl adjacent to an activating group) is 1. The zero-order valence-corrected chi connectivity index (χ0v) is 11.9. The lowest BCUT2D eigenvalue weighted by Gasteiger charge is -2.35. The first kappa shape index (κ1) is 13.5. The number of aliphatic hydroxyl groups excluding tert-OH is 1. The molecule has 0 spiro atoms. The van der Waals surface area contributed by atoms with E-state index in [1.165, 1.54) is 0 Å². The van der Waals surface area contributed by atoms with Gasteiger partial charge < -0.3 is 10.0 Å². The van der Waals surface area contributed by atoms with Gasteiger partial charge in [0.05, 0.1) is 12.1 Å². The molecule has 0 aromatic carbocycles. The number of pyridine rings is 1. The Hall–Kier alpha value is -0.940. The second-order valence-corrected chi connectivity index (χ2v) is 5.52. The molecule has 0 bridgehead atoms. The van der Waals surface area contributed by atoms with Crippen molar-refractivity contribution < 1.29 is 9.90 Å². The first-order chi connectivity index (χ1) is 8.61. The van der Waals surface area contributed by atoms with Crippen LogP contribution in [0.5, 0.6) is 0 Å². The number of carbonyl (C=O) groups is 1. The molecule has 0 aliphatic heterocycles. The summed E-state index contributed by atoms with van der Waals surface area (Å²) in [5, 5.41) is 9.98. The Bertz CT molecular complexity index is 439. The molecule has 1 amide bonds. The molecule has 2 rings (SSSR count). The van der Waals surface area contributed by atoms with E-state index in [9.17, 15) is 9.90 Å². The van der Waals surface area contributed by atoms with Crippen LogP contribution >= 0.6 is 15.9 Å². The Balaban J connectivity index is 2.16. The fourth-order valence-electron chi connectivity index (χ4n) is 2.40. The summed E-state index contributed by atoms with van der Waals surface area (Å²) in [6.07, 6.45) is 4.90. The van der Waals surface area contributed by atoms with Crippen molar-refractivity contribution >= 4 is 21.8 Å². The maximum atomic E-state index is 12.3. The van der Waals surface area contributed by atoms with Crippen LogP contribution in [0.15, 0.2) is 22.8 Å². The molecule has 2 unspecified atom stereocenters. The first-order valence-electron chi connectivity index (χ1n) is 6.17. The van der Waals surface area contributed by atoms with Crippen LogP contribution < -0.4 is 0 Å². The Labute approximate surface area is 115 Å². The van der Waals surface area contributed by atoms with E-state index < -0.39 is 6.10 Å². The van der Waals surface area contributed by atoms with E-state index in [1.807, 2.05) is 0 Å². The Morgan fingerprint density at radius 1 is 1.50 bits per heavy atom. The standard InChI is InChI=1S/C13H17BrN2O2/c1-16(10-6-2-3-7-11(10)17)13(18)12-9(14)5-4-8-15-12/h4-5,8,10-11,17H,2-3,6-7H2,1H3. The molecule has 1 saturated carbocycles. The summed E-state index contributed by atoms with van der Waals surface area (Å²) >= 11 is 3.33. The summed E-state index contributed by atoms with van der Waals surface area (Å²) in [6, 6.07) is 3.47. The van der Waals surface area contributed by atoms with Crippen LogP contribution in [0.3, 0.4) is 0 Å². The summed E-state index contributed by atoms with van der Waals surface area (Å²) < 4.78 is 0.687. The van der Waals surface area contributed by atoms with Gasteiger partial charge in [0.25, 0.3) is 5.91 Å². The van der Waals surface area contributed by atoms with Gasteiger partial charge in [-0.25, -0.2) is 4.98 Å². The summed E-state index contributed by atoms with van der Waals surface area (Å²) in [7, 11) is 1.74. The van der Waals surface area contributed by atoms with Crippen molar-refractivity contribution in [3.8, 4) is 0 Å². The van der Waals surface area contributed by atoms with E-state index in [-0.39, 0.29) is 11.9 Å². The second-order valence-electron chi connectivity index (χ2n) is 4.67. The maximum Gasteiger partial charge on any atom is 0.273 e. The van der Waals surface area contributed by atoms with Gasteiger partial charge >= 0.3 is 0 Å². The molecule has 1 fully saturated rings. The van der Waals surface area contributed by atoms with Crippen LogP contribution in [0, 0.1) is 0 Å². The fraction of sp³-hybridized carbons (Fsp3) is 0.538. The molecule has 18 heavy (non-hydrogen) atoms. The first-order valence-corrected chi connectivity index (χ1v) is 6.96. The van der Waals surface area contributed by atoms with Crippen LogP contribution in [0.2, 0.25) is 0 Å². The third kappa shape index (κ3) is 2.72. The third-order valence-electron chi connectivity index (χ3n) is 3.47. The molecule has 1 aliphatic rings. The van der Waals surface area contributed by atoms with Crippen molar-refractivity contribution in [2.45, 2.75) is 37.8 Å². The average Bonchev–Trinajstić information content (AvgIpc) is 2.38. The highest BCUT2D eigenvalue weighted by Gasteiger charge is 2.30. The monoisotopic (exact) mass is 312 g/mol. The van der Waals surface area contributed by atoms with E-state index in [1.54, 1.807) is 30.3 Å². The van der Waals surface area contributed by atoms with Gasteiger partial charge in [0.1, 0.15) is 5.69 Å². The van der Waals surface area contributed by atoms with Crippen LogP contribution in [-0.4, -0.2) is 40.1 Å². The Kier molecular flexibility index (Phi) is 4.35. The summed E-state index contributed by atoms with van der Waals surface area (Å²) in [4.78, 5) is 18.1. The van der Waals surface area contributed by atoms with Gasteiger partial charge in [0.15, 0.2) is 0 Å². The van der Waals surface area contributed by atoms with Crippen molar-refractivity contribution in [3.63, 3.8) is 0 Å². The Morgan fingerprint density at radius 3 is 2.89 bits per heavy atom. The highest BCUT2D eigenvalue weighted by molar-refractivity contribution is 9.10. The van der Waals surface area contributed by atoms with Crippen molar-refractivity contribution in [1.82, 2.24) is 9.88 Å². The number of halogens is 1. The summed E-state index contributed by atoms with van der Waals surface area (Å²) in [5.74, 6) is -0.145. The lowest BCUT2D eigenvalue weighted by Crippen LogP contribution is -2.46. The minimum Gasteiger partial charge on any atom is -0.391 e. The largest absolute Gasteiger partial charge is 0.391 e. The number of rotatable bonds is 2.